The molecular formula is C22H37NO7S. The molecule has 0 aliphatic carbocycles. The van der Waals surface area contributed by atoms with E-state index >= 15 is 0 Å². The average Bonchev–Trinajstić information content (AvgIpc) is 3.24. The fourth-order valence-electron chi connectivity index (χ4n) is 3.18. The van der Waals surface area contributed by atoms with E-state index in [0.29, 0.717) is 50.8 Å². The SMILES string of the molecule is COCCOc1ccc(CCCS(=O)(=O)NCCOC(C)C)c(OCC2CCCO2)c1. The Morgan fingerprint density at radius 1 is 1.19 bits per heavy atom. The topological polar surface area (TPSA) is 92.3 Å². The minimum Gasteiger partial charge on any atom is -0.491 e. The smallest absolute Gasteiger partial charge is 0.211 e. The lowest BCUT2D eigenvalue weighted by molar-refractivity contribution is 0.0674. The quantitative estimate of drug-likeness (QED) is 0.380. The monoisotopic (exact) mass is 459 g/mol. The molecule has 1 aliphatic heterocycles. The van der Waals surface area contributed by atoms with E-state index in [2.05, 4.69) is 4.72 Å². The molecule has 1 fully saturated rings. The summed E-state index contributed by atoms with van der Waals surface area (Å²) in [5.74, 6) is 1.45. The molecule has 1 saturated heterocycles. The molecule has 0 radical (unpaired) electrons. The van der Waals surface area contributed by atoms with E-state index in [4.69, 9.17) is 23.7 Å². The molecule has 0 amide bonds. The number of methoxy groups -OCH3 is 1. The van der Waals surface area contributed by atoms with Crippen LogP contribution in [0, 0.1) is 0 Å². The van der Waals surface area contributed by atoms with Crippen molar-refractivity contribution >= 4 is 10.0 Å². The number of aryl methyl sites for hydroxylation is 1. The van der Waals surface area contributed by atoms with E-state index in [1.165, 1.54) is 0 Å². The molecule has 1 aromatic carbocycles. The fraction of sp³-hybridized carbons (Fsp3) is 0.727. The fourth-order valence-corrected chi connectivity index (χ4v) is 4.25. The Morgan fingerprint density at radius 3 is 2.74 bits per heavy atom. The molecule has 1 heterocycles. The van der Waals surface area contributed by atoms with Gasteiger partial charge >= 0.3 is 0 Å². The standard InChI is InChI=1S/C22H37NO7S/c1-18(2)27-12-10-23-31(24,25)15-5-6-19-8-9-20(29-14-13-26-3)16-22(19)30-17-21-7-4-11-28-21/h8-9,16,18,21,23H,4-7,10-15,17H2,1-3H3. The average molecular weight is 460 g/mol. The maximum Gasteiger partial charge on any atom is 0.211 e. The van der Waals surface area contributed by atoms with Crippen molar-refractivity contribution in [2.45, 2.75) is 51.7 Å². The first-order chi connectivity index (χ1) is 14.9. The molecule has 1 unspecified atom stereocenters. The minimum atomic E-state index is -3.34. The lowest BCUT2D eigenvalue weighted by atomic mass is 10.1. The summed E-state index contributed by atoms with van der Waals surface area (Å²) in [5, 5.41) is 0. The lowest BCUT2D eigenvalue weighted by Crippen LogP contribution is -2.30. The highest BCUT2D eigenvalue weighted by Gasteiger charge is 2.18. The van der Waals surface area contributed by atoms with Gasteiger partial charge in [0.15, 0.2) is 0 Å². The maximum absolute atomic E-state index is 12.2. The molecule has 31 heavy (non-hydrogen) atoms. The summed E-state index contributed by atoms with van der Waals surface area (Å²) in [6, 6.07) is 5.67. The summed E-state index contributed by atoms with van der Waals surface area (Å²) in [4.78, 5) is 0. The number of hydrogen-bond acceptors (Lipinski definition) is 7. The van der Waals surface area contributed by atoms with Crippen LogP contribution in [0.2, 0.25) is 0 Å². The third-order valence-electron chi connectivity index (χ3n) is 4.78. The second kappa shape index (κ2) is 13.9. The van der Waals surface area contributed by atoms with Gasteiger partial charge in [0.05, 0.1) is 31.2 Å². The molecule has 0 saturated carbocycles. The Kier molecular flexibility index (Phi) is 11.6. The van der Waals surface area contributed by atoms with Crippen LogP contribution in [0.1, 0.15) is 38.7 Å². The zero-order valence-corrected chi connectivity index (χ0v) is 19.7. The molecule has 1 N–H and O–H groups in total. The number of hydrogen-bond donors (Lipinski definition) is 1. The molecule has 2 rings (SSSR count). The highest BCUT2D eigenvalue weighted by Crippen LogP contribution is 2.27. The number of benzene rings is 1. The van der Waals surface area contributed by atoms with Gasteiger partial charge in [-0.3, -0.25) is 0 Å². The Balaban J connectivity index is 1.89. The second-order valence-corrected chi connectivity index (χ2v) is 9.72. The van der Waals surface area contributed by atoms with E-state index in [9.17, 15) is 8.42 Å². The molecule has 1 aliphatic rings. The second-order valence-electron chi connectivity index (χ2n) is 7.79. The van der Waals surface area contributed by atoms with Crippen LogP contribution in [-0.4, -0.2) is 73.1 Å². The first-order valence-electron chi connectivity index (χ1n) is 11.0. The molecule has 0 aromatic heterocycles. The first-order valence-corrected chi connectivity index (χ1v) is 12.6. The predicted molar refractivity (Wildman–Crippen MR) is 119 cm³/mol. The Bertz CT molecular complexity index is 733. The van der Waals surface area contributed by atoms with Gasteiger partial charge in [0.1, 0.15) is 24.7 Å². The molecule has 1 atom stereocenters. The third-order valence-corrected chi connectivity index (χ3v) is 6.25. The van der Waals surface area contributed by atoms with Crippen LogP contribution in [0.3, 0.4) is 0 Å². The summed E-state index contributed by atoms with van der Waals surface area (Å²) in [6.07, 6.45) is 3.30. The van der Waals surface area contributed by atoms with Gasteiger partial charge in [-0.15, -0.1) is 0 Å². The van der Waals surface area contributed by atoms with Gasteiger partial charge < -0.3 is 23.7 Å². The van der Waals surface area contributed by atoms with E-state index in [1.807, 2.05) is 32.0 Å². The van der Waals surface area contributed by atoms with Crippen LogP contribution in [0.15, 0.2) is 18.2 Å². The van der Waals surface area contributed by atoms with Crippen molar-refractivity contribution in [2.24, 2.45) is 0 Å². The van der Waals surface area contributed by atoms with Gasteiger partial charge in [-0.1, -0.05) is 6.07 Å². The number of nitrogens with one attached hydrogen (secondary N) is 1. The number of sulfonamides is 1. The summed E-state index contributed by atoms with van der Waals surface area (Å²) >= 11 is 0. The zero-order chi connectivity index (χ0) is 22.5. The van der Waals surface area contributed by atoms with E-state index in [0.717, 1.165) is 25.0 Å². The molecule has 8 nitrogen and oxygen atoms in total. The van der Waals surface area contributed by atoms with Gasteiger partial charge in [0.2, 0.25) is 10.0 Å². The van der Waals surface area contributed by atoms with Crippen LogP contribution < -0.4 is 14.2 Å². The molecule has 0 bridgehead atoms. The highest BCUT2D eigenvalue weighted by atomic mass is 32.2. The maximum atomic E-state index is 12.2. The van der Waals surface area contributed by atoms with Crippen molar-refractivity contribution < 1.29 is 32.1 Å². The van der Waals surface area contributed by atoms with E-state index in [-0.39, 0.29) is 24.5 Å². The van der Waals surface area contributed by atoms with Crippen LogP contribution in [0.5, 0.6) is 11.5 Å². The summed E-state index contributed by atoms with van der Waals surface area (Å²) in [5.41, 5.74) is 0.954. The van der Waals surface area contributed by atoms with Gasteiger partial charge in [0.25, 0.3) is 0 Å². The summed E-state index contributed by atoms with van der Waals surface area (Å²) in [6.45, 7) is 6.68. The van der Waals surface area contributed by atoms with Crippen LogP contribution >= 0.6 is 0 Å². The van der Waals surface area contributed by atoms with Gasteiger partial charge in [-0.05, 0) is 51.2 Å². The van der Waals surface area contributed by atoms with Crippen molar-refractivity contribution in [2.75, 3.05) is 52.4 Å². The lowest BCUT2D eigenvalue weighted by Gasteiger charge is -2.16. The van der Waals surface area contributed by atoms with Crippen molar-refractivity contribution in [1.29, 1.82) is 0 Å². The Hall–Kier alpha value is -1.39. The van der Waals surface area contributed by atoms with Crippen molar-refractivity contribution in [3.63, 3.8) is 0 Å². The van der Waals surface area contributed by atoms with Crippen molar-refractivity contribution in [3.8, 4) is 11.5 Å². The molecule has 0 spiro atoms. The van der Waals surface area contributed by atoms with Gasteiger partial charge in [0, 0.05) is 26.3 Å². The first kappa shape index (κ1) is 25.9. The molecule has 9 heteroatoms. The van der Waals surface area contributed by atoms with Crippen molar-refractivity contribution in [3.05, 3.63) is 23.8 Å². The van der Waals surface area contributed by atoms with E-state index in [1.54, 1.807) is 7.11 Å². The van der Waals surface area contributed by atoms with Crippen LogP contribution in [-0.2, 0) is 30.7 Å². The molecular weight excluding hydrogens is 422 g/mol. The highest BCUT2D eigenvalue weighted by molar-refractivity contribution is 7.89. The van der Waals surface area contributed by atoms with Crippen molar-refractivity contribution in [1.82, 2.24) is 4.72 Å². The largest absolute Gasteiger partial charge is 0.491 e. The number of rotatable bonds is 16. The summed E-state index contributed by atoms with van der Waals surface area (Å²) in [7, 11) is -1.71. The molecule has 1 aromatic rings. The van der Waals surface area contributed by atoms with Crippen LogP contribution in [0.4, 0.5) is 0 Å². The van der Waals surface area contributed by atoms with E-state index < -0.39 is 10.0 Å². The Labute approximate surface area is 186 Å². The number of ether oxygens (including phenoxy) is 5. The third kappa shape index (κ3) is 10.7. The van der Waals surface area contributed by atoms with Crippen LogP contribution in [0.25, 0.3) is 0 Å². The predicted octanol–water partition coefficient (Wildman–Crippen LogP) is 2.55. The zero-order valence-electron chi connectivity index (χ0n) is 18.9. The van der Waals surface area contributed by atoms with Gasteiger partial charge in [-0.25, -0.2) is 13.1 Å². The normalized spacial score (nSPS) is 16.7. The van der Waals surface area contributed by atoms with Gasteiger partial charge in [-0.2, -0.15) is 0 Å². The molecule has 178 valence electrons. The Morgan fingerprint density at radius 2 is 2.03 bits per heavy atom. The summed E-state index contributed by atoms with van der Waals surface area (Å²) < 4.78 is 54.7. The minimum absolute atomic E-state index is 0.0476.